The van der Waals surface area contributed by atoms with Gasteiger partial charge in [0.15, 0.2) is 10.8 Å². The van der Waals surface area contributed by atoms with Crippen LogP contribution in [0.5, 0.6) is 0 Å². The molecule has 0 spiro atoms. The Morgan fingerprint density at radius 3 is 2.28 bits per heavy atom. The quantitative estimate of drug-likeness (QED) is 0.357. The number of amides is 1. The van der Waals surface area contributed by atoms with Crippen molar-refractivity contribution in [3.05, 3.63) is 43.3 Å². The van der Waals surface area contributed by atoms with Gasteiger partial charge in [0.25, 0.3) is 0 Å². The standard InChI is InChI=1S/C18H14Cl3F6N3OS/c1-8(31)28-6-12-14(17(22,23)24)29-15(32-12)30-3-2-16(7-30,18(25,26)27)9-4-10(19)13(21)11(20)5-9/h4-5H,2-3,6-7H2,1H3,(H,28,31). The fourth-order valence-corrected chi connectivity index (χ4v) is 5.10. The summed E-state index contributed by atoms with van der Waals surface area (Å²) in [5.41, 5.74) is -3.92. The van der Waals surface area contributed by atoms with Crippen LogP contribution < -0.4 is 10.2 Å². The number of aromatic nitrogens is 1. The Bertz CT molecular complexity index is 1020. The molecule has 1 saturated heterocycles. The highest BCUT2D eigenvalue weighted by molar-refractivity contribution is 7.15. The third-order valence-corrected chi connectivity index (χ3v) is 7.38. The second-order valence-electron chi connectivity index (χ2n) is 7.18. The van der Waals surface area contributed by atoms with Crippen LogP contribution in [0.4, 0.5) is 31.5 Å². The molecule has 1 unspecified atom stereocenters. The maximum Gasteiger partial charge on any atom is 0.434 e. The molecule has 0 aliphatic carbocycles. The van der Waals surface area contributed by atoms with Gasteiger partial charge in [-0.15, -0.1) is 0 Å². The van der Waals surface area contributed by atoms with E-state index in [1.807, 2.05) is 0 Å². The Kier molecular flexibility index (Phi) is 6.88. The first-order valence-electron chi connectivity index (χ1n) is 8.94. The molecule has 4 nitrogen and oxygen atoms in total. The lowest BCUT2D eigenvalue weighted by Gasteiger charge is -2.32. The molecule has 1 aromatic heterocycles. The molecule has 3 rings (SSSR count). The van der Waals surface area contributed by atoms with Crippen LogP contribution in [-0.2, 0) is 22.9 Å². The Balaban J connectivity index is 2.01. The molecule has 176 valence electrons. The van der Waals surface area contributed by atoms with Crippen molar-refractivity contribution in [3.63, 3.8) is 0 Å². The summed E-state index contributed by atoms with van der Waals surface area (Å²) in [7, 11) is 0. The minimum atomic E-state index is -4.83. The van der Waals surface area contributed by atoms with Crippen LogP contribution in [0.2, 0.25) is 15.1 Å². The lowest BCUT2D eigenvalue weighted by molar-refractivity contribution is -0.184. The number of carbonyl (C=O) groups excluding carboxylic acids is 1. The van der Waals surface area contributed by atoms with Crippen LogP contribution in [0, 0.1) is 0 Å². The second-order valence-corrected chi connectivity index (χ2v) is 9.44. The summed E-state index contributed by atoms with van der Waals surface area (Å²) in [5, 5.41) is 1.60. The van der Waals surface area contributed by atoms with E-state index in [0.717, 1.165) is 24.0 Å². The van der Waals surface area contributed by atoms with Gasteiger partial charge in [-0.25, -0.2) is 4.98 Å². The Hall–Kier alpha value is -1.43. The van der Waals surface area contributed by atoms with Gasteiger partial charge >= 0.3 is 12.4 Å². The maximum absolute atomic E-state index is 14.2. The monoisotopic (exact) mass is 539 g/mol. The van der Waals surface area contributed by atoms with Crippen LogP contribution >= 0.6 is 46.1 Å². The summed E-state index contributed by atoms with van der Waals surface area (Å²) in [6, 6.07) is 2.13. The van der Waals surface area contributed by atoms with Crippen molar-refractivity contribution in [2.75, 3.05) is 18.0 Å². The first-order chi connectivity index (χ1) is 14.7. The van der Waals surface area contributed by atoms with Crippen LogP contribution in [0.3, 0.4) is 0 Å². The minimum absolute atomic E-state index is 0.0957. The molecule has 32 heavy (non-hydrogen) atoms. The van der Waals surface area contributed by atoms with Crippen molar-refractivity contribution in [3.8, 4) is 0 Å². The fraction of sp³-hybridized carbons (Fsp3) is 0.444. The van der Waals surface area contributed by atoms with Crippen LogP contribution in [0.25, 0.3) is 0 Å². The highest BCUT2D eigenvalue weighted by atomic mass is 35.5. The van der Waals surface area contributed by atoms with Gasteiger partial charge in [-0.3, -0.25) is 4.79 Å². The number of thiazole rings is 1. The largest absolute Gasteiger partial charge is 0.434 e. The highest BCUT2D eigenvalue weighted by Gasteiger charge is 2.59. The number of benzene rings is 1. The summed E-state index contributed by atoms with van der Waals surface area (Å²) in [4.78, 5) is 15.5. The number of alkyl halides is 6. The number of carbonyl (C=O) groups is 1. The van der Waals surface area contributed by atoms with Gasteiger partial charge in [0.1, 0.15) is 5.41 Å². The predicted octanol–water partition coefficient (Wildman–Crippen LogP) is 6.47. The molecule has 1 amide bonds. The number of nitrogens with zero attached hydrogens (tertiary/aromatic N) is 2. The topological polar surface area (TPSA) is 45.2 Å². The molecular formula is C18H14Cl3F6N3OS. The SMILES string of the molecule is CC(=O)NCc1sc(N2CCC(c3cc(Cl)c(Cl)c(Cl)c3)(C(F)(F)F)C2)nc1C(F)(F)F. The summed E-state index contributed by atoms with van der Waals surface area (Å²) < 4.78 is 82.9. The second kappa shape index (κ2) is 8.73. The van der Waals surface area contributed by atoms with E-state index in [4.69, 9.17) is 34.8 Å². The molecule has 0 saturated carbocycles. The summed E-state index contributed by atoms with van der Waals surface area (Å²) >= 11 is 18.3. The van der Waals surface area contributed by atoms with Crippen molar-refractivity contribution in [1.82, 2.24) is 10.3 Å². The number of hydrogen-bond acceptors (Lipinski definition) is 4. The van der Waals surface area contributed by atoms with E-state index < -0.39 is 48.9 Å². The van der Waals surface area contributed by atoms with Gasteiger partial charge in [-0.1, -0.05) is 46.1 Å². The van der Waals surface area contributed by atoms with Crippen LogP contribution in [0.1, 0.15) is 29.5 Å². The zero-order valence-electron chi connectivity index (χ0n) is 16.1. The van der Waals surface area contributed by atoms with E-state index >= 15 is 0 Å². The van der Waals surface area contributed by atoms with Crippen molar-refractivity contribution in [2.24, 2.45) is 0 Å². The van der Waals surface area contributed by atoms with Crippen molar-refractivity contribution in [1.29, 1.82) is 0 Å². The van der Waals surface area contributed by atoms with E-state index in [2.05, 4.69) is 10.3 Å². The normalized spacial score (nSPS) is 19.5. The van der Waals surface area contributed by atoms with Crippen molar-refractivity contribution >= 4 is 57.2 Å². The maximum atomic E-state index is 14.2. The van der Waals surface area contributed by atoms with E-state index in [9.17, 15) is 31.1 Å². The number of nitrogens with one attached hydrogen (secondary N) is 1. The van der Waals surface area contributed by atoms with Crippen LogP contribution in [0.15, 0.2) is 12.1 Å². The Morgan fingerprint density at radius 2 is 1.78 bits per heavy atom. The highest BCUT2D eigenvalue weighted by Crippen LogP contribution is 2.51. The van der Waals surface area contributed by atoms with Gasteiger partial charge in [-0.2, -0.15) is 26.3 Å². The molecule has 1 fully saturated rings. The third kappa shape index (κ3) is 4.76. The average molecular weight is 541 g/mol. The molecule has 1 aliphatic heterocycles. The van der Waals surface area contributed by atoms with Crippen molar-refractivity contribution < 1.29 is 31.1 Å². The molecule has 0 radical (unpaired) electrons. The van der Waals surface area contributed by atoms with E-state index in [1.54, 1.807) is 0 Å². The lowest BCUT2D eigenvalue weighted by Crippen LogP contribution is -2.44. The van der Waals surface area contributed by atoms with Gasteiger partial charge in [0.2, 0.25) is 5.91 Å². The zero-order chi connectivity index (χ0) is 24.1. The minimum Gasteiger partial charge on any atom is -0.351 e. The fourth-order valence-electron chi connectivity index (χ4n) is 3.46. The molecule has 1 aliphatic rings. The molecule has 1 N–H and O–H groups in total. The molecule has 2 aromatic rings. The van der Waals surface area contributed by atoms with Gasteiger partial charge < -0.3 is 10.2 Å². The molecule has 1 atom stereocenters. The lowest BCUT2D eigenvalue weighted by atomic mass is 9.79. The predicted molar refractivity (Wildman–Crippen MR) is 111 cm³/mol. The van der Waals surface area contributed by atoms with Crippen LogP contribution in [-0.4, -0.2) is 30.2 Å². The Labute approximate surface area is 197 Å². The van der Waals surface area contributed by atoms with E-state index in [-0.39, 0.29) is 37.2 Å². The third-order valence-electron chi connectivity index (χ3n) is 5.07. The molecular weight excluding hydrogens is 527 g/mol. The number of rotatable bonds is 4. The number of halogens is 9. The molecule has 2 heterocycles. The molecule has 0 bridgehead atoms. The molecule has 1 aromatic carbocycles. The summed E-state index contributed by atoms with van der Waals surface area (Å²) in [6.07, 6.45) is -10.0. The smallest absolute Gasteiger partial charge is 0.351 e. The average Bonchev–Trinajstić information content (AvgIpc) is 3.28. The van der Waals surface area contributed by atoms with Gasteiger partial charge in [0.05, 0.1) is 26.5 Å². The molecule has 14 heteroatoms. The first-order valence-corrected chi connectivity index (χ1v) is 10.9. The summed E-state index contributed by atoms with van der Waals surface area (Å²) in [5.74, 6) is -0.554. The first kappa shape index (κ1) is 25.2. The number of hydrogen-bond donors (Lipinski definition) is 1. The van der Waals surface area contributed by atoms with E-state index in [1.165, 1.54) is 0 Å². The Morgan fingerprint density at radius 1 is 1.19 bits per heavy atom. The van der Waals surface area contributed by atoms with Gasteiger partial charge in [-0.05, 0) is 24.1 Å². The van der Waals surface area contributed by atoms with Gasteiger partial charge in [0, 0.05) is 20.0 Å². The summed E-state index contributed by atoms with van der Waals surface area (Å²) in [6.45, 7) is -0.199. The van der Waals surface area contributed by atoms with E-state index in [0.29, 0.717) is 11.3 Å². The van der Waals surface area contributed by atoms with Crippen molar-refractivity contribution in [2.45, 2.75) is 37.7 Å². The zero-order valence-corrected chi connectivity index (χ0v) is 19.2. The number of anilines is 1.